The normalized spacial score (nSPS) is 22.9. The van der Waals surface area contributed by atoms with E-state index in [-0.39, 0.29) is 17.9 Å². The van der Waals surface area contributed by atoms with Crippen molar-refractivity contribution < 1.29 is 9.53 Å². The highest BCUT2D eigenvalue weighted by atomic mass is 16.5. The second-order valence-electron chi connectivity index (χ2n) is 6.24. The first-order valence-corrected chi connectivity index (χ1v) is 8.33. The van der Waals surface area contributed by atoms with Gasteiger partial charge in [-0.2, -0.15) is 0 Å². The molecule has 4 heteroatoms. The number of amides is 1. The van der Waals surface area contributed by atoms with Crippen LogP contribution in [0.2, 0.25) is 0 Å². The molecular formula is C18H28N2O2. The Kier molecular flexibility index (Phi) is 6.25. The van der Waals surface area contributed by atoms with E-state index in [0.717, 1.165) is 37.1 Å². The maximum absolute atomic E-state index is 12.3. The fourth-order valence-electron chi connectivity index (χ4n) is 2.87. The Hall–Kier alpha value is -1.55. The van der Waals surface area contributed by atoms with Gasteiger partial charge in [0.05, 0.1) is 6.54 Å². The van der Waals surface area contributed by atoms with Crippen LogP contribution in [0.4, 0.5) is 0 Å². The van der Waals surface area contributed by atoms with E-state index in [4.69, 9.17) is 4.74 Å². The van der Waals surface area contributed by atoms with E-state index in [1.54, 1.807) is 0 Å². The van der Waals surface area contributed by atoms with Crippen LogP contribution in [0.15, 0.2) is 24.3 Å². The van der Waals surface area contributed by atoms with E-state index in [1.807, 2.05) is 31.2 Å². The number of hydrogen-bond donors (Lipinski definition) is 2. The lowest BCUT2D eigenvalue weighted by Gasteiger charge is -2.28. The summed E-state index contributed by atoms with van der Waals surface area (Å²) in [5, 5.41) is 6.45. The second kappa shape index (κ2) is 8.18. The molecule has 4 nitrogen and oxygen atoms in total. The van der Waals surface area contributed by atoms with Crippen molar-refractivity contribution in [2.75, 3.05) is 13.1 Å². The molecule has 0 spiro atoms. The molecule has 0 aliphatic carbocycles. The van der Waals surface area contributed by atoms with Crippen LogP contribution < -0.4 is 15.4 Å². The summed E-state index contributed by atoms with van der Waals surface area (Å²) in [7, 11) is 0. The summed E-state index contributed by atoms with van der Waals surface area (Å²) in [5.41, 5.74) is 1.12. The van der Waals surface area contributed by atoms with Gasteiger partial charge in [0.15, 0.2) is 0 Å². The summed E-state index contributed by atoms with van der Waals surface area (Å²) in [4.78, 5) is 12.3. The molecule has 1 aromatic rings. The number of rotatable bonds is 6. The summed E-state index contributed by atoms with van der Waals surface area (Å²) < 4.78 is 6.03. The van der Waals surface area contributed by atoms with E-state index in [1.165, 1.54) is 0 Å². The molecular weight excluding hydrogens is 276 g/mol. The van der Waals surface area contributed by atoms with Crippen LogP contribution >= 0.6 is 0 Å². The van der Waals surface area contributed by atoms with Crippen LogP contribution in [-0.4, -0.2) is 31.1 Å². The quantitative estimate of drug-likeness (QED) is 0.849. The van der Waals surface area contributed by atoms with Crippen LogP contribution in [0.1, 0.15) is 38.7 Å². The van der Waals surface area contributed by atoms with Crippen LogP contribution in [0, 0.1) is 12.8 Å². The minimum Gasteiger partial charge on any atom is -0.488 e. The Balaban J connectivity index is 1.83. The van der Waals surface area contributed by atoms with Crippen molar-refractivity contribution in [3.63, 3.8) is 0 Å². The third-order valence-electron chi connectivity index (χ3n) is 4.34. The van der Waals surface area contributed by atoms with Gasteiger partial charge >= 0.3 is 0 Å². The third-order valence-corrected chi connectivity index (χ3v) is 4.34. The fourth-order valence-corrected chi connectivity index (χ4v) is 2.87. The Morgan fingerprint density at radius 3 is 2.91 bits per heavy atom. The van der Waals surface area contributed by atoms with Crippen LogP contribution in [0.25, 0.3) is 0 Å². The van der Waals surface area contributed by atoms with Crippen LogP contribution in [-0.2, 0) is 4.79 Å². The fraction of sp³-hybridized carbons (Fsp3) is 0.611. The molecule has 3 atom stereocenters. The molecule has 1 aliphatic heterocycles. The van der Waals surface area contributed by atoms with Crippen molar-refractivity contribution >= 4 is 5.91 Å². The lowest BCUT2D eigenvalue weighted by Crippen LogP contribution is -2.44. The van der Waals surface area contributed by atoms with E-state index < -0.39 is 0 Å². The second-order valence-corrected chi connectivity index (χ2v) is 6.24. The number of benzene rings is 1. The van der Waals surface area contributed by atoms with Gasteiger partial charge in [0.1, 0.15) is 11.9 Å². The van der Waals surface area contributed by atoms with Gasteiger partial charge in [0, 0.05) is 12.0 Å². The van der Waals surface area contributed by atoms with E-state index >= 15 is 0 Å². The highest BCUT2D eigenvalue weighted by Crippen LogP contribution is 2.19. The zero-order chi connectivity index (χ0) is 15.9. The number of hydrogen-bond acceptors (Lipinski definition) is 3. The smallest absolute Gasteiger partial charge is 0.223 e. The molecule has 2 N–H and O–H groups in total. The SMILES string of the molecule is CCC(CNC(=O)[C@H]1CCN[C@@H](C)C1)Oc1ccccc1C. The summed E-state index contributed by atoms with van der Waals surface area (Å²) in [6, 6.07) is 8.42. The molecule has 0 saturated carbocycles. The number of ether oxygens (including phenoxy) is 1. The molecule has 0 aromatic heterocycles. The first-order chi connectivity index (χ1) is 10.6. The first kappa shape index (κ1) is 16.8. The Morgan fingerprint density at radius 1 is 1.45 bits per heavy atom. The van der Waals surface area contributed by atoms with Crippen molar-refractivity contribution in [3.8, 4) is 5.75 Å². The van der Waals surface area contributed by atoms with Crippen molar-refractivity contribution in [2.24, 2.45) is 5.92 Å². The standard InChI is InChI=1S/C18H28N2O2/c1-4-16(22-17-8-6-5-7-13(17)2)12-20-18(21)15-9-10-19-14(3)11-15/h5-8,14-16,19H,4,9-12H2,1-3H3,(H,20,21)/t14-,15-,16?/m0/s1. The summed E-state index contributed by atoms with van der Waals surface area (Å²) in [6.45, 7) is 7.76. The number of piperidine rings is 1. The van der Waals surface area contributed by atoms with Gasteiger partial charge in [-0.1, -0.05) is 25.1 Å². The predicted octanol–water partition coefficient (Wildman–Crippen LogP) is 2.66. The van der Waals surface area contributed by atoms with Crippen molar-refractivity contribution in [3.05, 3.63) is 29.8 Å². The van der Waals surface area contributed by atoms with E-state index in [0.29, 0.717) is 12.6 Å². The summed E-state index contributed by atoms with van der Waals surface area (Å²) in [5.74, 6) is 1.20. The third kappa shape index (κ3) is 4.73. The molecule has 0 radical (unpaired) electrons. The highest BCUT2D eigenvalue weighted by Gasteiger charge is 2.25. The first-order valence-electron chi connectivity index (χ1n) is 8.33. The lowest BCUT2D eigenvalue weighted by molar-refractivity contribution is -0.126. The van der Waals surface area contributed by atoms with Gasteiger partial charge in [0.2, 0.25) is 5.91 Å². The lowest BCUT2D eigenvalue weighted by atomic mass is 9.92. The molecule has 1 unspecified atom stereocenters. The molecule has 2 rings (SSSR count). The van der Waals surface area contributed by atoms with Crippen molar-refractivity contribution in [1.82, 2.24) is 10.6 Å². The average Bonchev–Trinajstić information content (AvgIpc) is 2.52. The van der Waals surface area contributed by atoms with Gasteiger partial charge in [-0.25, -0.2) is 0 Å². The molecule has 1 saturated heterocycles. The highest BCUT2D eigenvalue weighted by molar-refractivity contribution is 5.78. The van der Waals surface area contributed by atoms with Crippen molar-refractivity contribution in [1.29, 1.82) is 0 Å². The molecule has 22 heavy (non-hydrogen) atoms. The predicted molar refractivity (Wildman–Crippen MR) is 89.1 cm³/mol. The Labute approximate surface area is 133 Å². The zero-order valence-corrected chi connectivity index (χ0v) is 13.9. The maximum atomic E-state index is 12.3. The minimum absolute atomic E-state index is 0.0178. The number of aryl methyl sites for hydroxylation is 1. The maximum Gasteiger partial charge on any atom is 0.223 e. The van der Waals surface area contributed by atoms with Crippen LogP contribution in [0.5, 0.6) is 5.75 Å². The average molecular weight is 304 g/mol. The molecule has 1 amide bonds. The minimum atomic E-state index is 0.0178. The molecule has 1 aromatic carbocycles. The monoisotopic (exact) mass is 304 g/mol. The zero-order valence-electron chi connectivity index (χ0n) is 13.9. The van der Waals surface area contributed by atoms with Crippen molar-refractivity contribution in [2.45, 2.75) is 52.2 Å². The van der Waals surface area contributed by atoms with Gasteiger partial charge in [0.25, 0.3) is 0 Å². The van der Waals surface area contributed by atoms with Gasteiger partial charge in [-0.3, -0.25) is 4.79 Å². The molecule has 1 aliphatic rings. The Morgan fingerprint density at radius 2 is 2.23 bits per heavy atom. The molecule has 1 fully saturated rings. The number of carbonyl (C=O) groups is 1. The van der Waals surface area contributed by atoms with Gasteiger partial charge in [-0.15, -0.1) is 0 Å². The summed E-state index contributed by atoms with van der Waals surface area (Å²) >= 11 is 0. The number of carbonyl (C=O) groups excluding carboxylic acids is 1. The topological polar surface area (TPSA) is 50.4 Å². The largest absolute Gasteiger partial charge is 0.488 e. The van der Waals surface area contributed by atoms with E-state index in [2.05, 4.69) is 24.5 Å². The number of nitrogens with one attached hydrogen (secondary N) is 2. The Bertz CT molecular complexity index is 490. The van der Waals surface area contributed by atoms with Gasteiger partial charge < -0.3 is 15.4 Å². The van der Waals surface area contributed by atoms with Crippen LogP contribution in [0.3, 0.4) is 0 Å². The number of para-hydroxylation sites is 1. The molecule has 0 bridgehead atoms. The van der Waals surface area contributed by atoms with E-state index in [9.17, 15) is 4.79 Å². The molecule has 122 valence electrons. The molecule has 1 heterocycles. The summed E-state index contributed by atoms with van der Waals surface area (Å²) in [6.07, 6.45) is 2.73. The van der Waals surface area contributed by atoms with Gasteiger partial charge in [-0.05, 0) is 51.3 Å².